The van der Waals surface area contributed by atoms with E-state index in [1.54, 1.807) is 6.92 Å². The normalized spacial score (nSPS) is 13.7. The number of hydrogen-bond donors (Lipinski definition) is 2. The summed E-state index contributed by atoms with van der Waals surface area (Å²) in [4.78, 5) is 26.6. The summed E-state index contributed by atoms with van der Waals surface area (Å²) < 4.78 is 13.0. The fourth-order valence-corrected chi connectivity index (χ4v) is 1.81. The fourth-order valence-electron chi connectivity index (χ4n) is 1.62. The van der Waals surface area contributed by atoms with Crippen LogP contribution in [0.4, 0.5) is 4.39 Å². The number of hydrogen-bond acceptors (Lipinski definition) is 3. The van der Waals surface area contributed by atoms with Crippen LogP contribution in [-0.4, -0.2) is 27.5 Å². The Hall–Kier alpha value is -1.69. The van der Waals surface area contributed by atoms with Gasteiger partial charge in [0.2, 0.25) is 0 Å². The first-order valence-electron chi connectivity index (χ1n) is 5.67. The number of pyridine rings is 1. The van der Waals surface area contributed by atoms with Crippen LogP contribution in [0.5, 0.6) is 0 Å². The molecule has 0 aliphatic rings. The first-order chi connectivity index (χ1) is 8.80. The van der Waals surface area contributed by atoms with Crippen molar-refractivity contribution in [2.75, 3.05) is 0 Å². The van der Waals surface area contributed by atoms with Gasteiger partial charge in [-0.25, -0.2) is 14.2 Å². The van der Waals surface area contributed by atoms with Gasteiger partial charge in [0.25, 0.3) is 5.91 Å². The average Bonchev–Trinajstić information content (AvgIpc) is 2.32. The molecule has 0 bridgehead atoms. The second-order valence-electron chi connectivity index (χ2n) is 4.33. The van der Waals surface area contributed by atoms with Gasteiger partial charge in [0.05, 0.1) is 11.8 Å². The Balaban J connectivity index is 3.00. The number of halogens is 2. The van der Waals surface area contributed by atoms with Crippen molar-refractivity contribution in [2.45, 2.75) is 32.2 Å². The molecule has 5 nitrogen and oxygen atoms in total. The van der Waals surface area contributed by atoms with E-state index in [0.29, 0.717) is 6.42 Å². The SMILES string of the molecule is CCCC(C)(NC(=O)c1cc(F)cnc1Cl)C(=O)O. The number of aliphatic carboxylic acids is 1. The minimum absolute atomic E-state index is 0.178. The zero-order valence-corrected chi connectivity index (χ0v) is 11.3. The van der Waals surface area contributed by atoms with E-state index in [4.69, 9.17) is 16.7 Å². The number of carboxylic acids is 1. The van der Waals surface area contributed by atoms with E-state index in [2.05, 4.69) is 10.3 Å². The van der Waals surface area contributed by atoms with Gasteiger partial charge < -0.3 is 10.4 Å². The molecule has 7 heteroatoms. The van der Waals surface area contributed by atoms with E-state index in [1.807, 2.05) is 0 Å². The molecule has 1 atom stereocenters. The third kappa shape index (κ3) is 3.64. The number of carbonyl (C=O) groups excluding carboxylic acids is 1. The third-order valence-corrected chi connectivity index (χ3v) is 2.96. The molecule has 0 spiro atoms. The molecule has 0 radical (unpaired) electrons. The van der Waals surface area contributed by atoms with Crippen LogP contribution in [0.15, 0.2) is 12.3 Å². The summed E-state index contributed by atoms with van der Waals surface area (Å²) >= 11 is 5.69. The molecule has 104 valence electrons. The second-order valence-corrected chi connectivity index (χ2v) is 4.69. The van der Waals surface area contributed by atoms with Crippen molar-refractivity contribution >= 4 is 23.5 Å². The van der Waals surface area contributed by atoms with E-state index in [1.165, 1.54) is 6.92 Å². The Morgan fingerprint density at radius 1 is 1.58 bits per heavy atom. The van der Waals surface area contributed by atoms with Crippen molar-refractivity contribution in [3.8, 4) is 0 Å². The predicted octanol–water partition coefficient (Wildman–Crippen LogP) is 2.25. The first kappa shape index (κ1) is 15.4. The minimum Gasteiger partial charge on any atom is -0.480 e. The third-order valence-electron chi connectivity index (χ3n) is 2.66. The molecule has 0 saturated heterocycles. The maximum absolute atomic E-state index is 13.0. The number of carboxylic acid groups (broad SMARTS) is 1. The lowest BCUT2D eigenvalue weighted by Crippen LogP contribution is -2.52. The van der Waals surface area contributed by atoms with Crippen molar-refractivity contribution in [3.05, 3.63) is 28.8 Å². The van der Waals surface area contributed by atoms with Gasteiger partial charge in [0, 0.05) is 0 Å². The largest absolute Gasteiger partial charge is 0.480 e. The standard InChI is InChI=1S/C12H14ClFN2O3/c1-3-4-12(2,11(18)19)16-10(17)8-5-7(14)6-15-9(8)13/h5-6H,3-4H2,1-2H3,(H,16,17)(H,18,19). The number of aromatic nitrogens is 1. The van der Waals surface area contributed by atoms with Crippen LogP contribution in [0.2, 0.25) is 5.15 Å². The van der Waals surface area contributed by atoms with Crippen LogP contribution in [0.25, 0.3) is 0 Å². The summed E-state index contributed by atoms with van der Waals surface area (Å²) in [7, 11) is 0. The van der Waals surface area contributed by atoms with E-state index in [-0.39, 0.29) is 17.1 Å². The van der Waals surface area contributed by atoms with Gasteiger partial charge in [0.1, 0.15) is 16.5 Å². The molecule has 1 heterocycles. The van der Waals surface area contributed by atoms with Crippen LogP contribution < -0.4 is 5.32 Å². The van der Waals surface area contributed by atoms with Crippen molar-refractivity contribution in [1.29, 1.82) is 0 Å². The van der Waals surface area contributed by atoms with E-state index >= 15 is 0 Å². The molecular formula is C12H14ClFN2O3. The lowest BCUT2D eigenvalue weighted by molar-refractivity contribution is -0.144. The van der Waals surface area contributed by atoms with Crippen LogP contribution in [0, 0.1) is 5.82 Å². The maximum atomic E-state index is 13.0. The Kier molecular flexibility index (Phi) is 4.83. The predicted molar refractivity (Wildman–Crippen MR) is 67.6 cm³/mol. The number of nitrogens with one attached hydrogen (secondary N) is 1. The Morgan fingerprint density at radius 3 is 2.74 bits per heavy atom. The Labute approximate surface area is 114 Å². The molecule has 0 saturated carbocycles. The topological polar surface area (TPSA) is 79.3 Å². The molecule has 0 aliphatic carbocycles. The van der Waals surface area contributed by atoms with Crippen LogP contribution in [0.3, 0.4) is 0 Å². The van der Waals surface area contributed by atoms with Gasteiger partial charge >= 0.3 is 5.97 Å². The minimum atomic E-state index is -1.43. The molecule has 1 unspecified atom stereocenters. The van der Waals surface area contributed by atoms with Gasteiger partial charge in [-0.2, -0.15) is 0 Å². The Bertz CT molecular complexity index is 510. The lowest BCUT2D eigenvalue weighted by atomic mass is 9.96. The van der Waals surface area contributed by atoms with Crippen LogP contribution in [0.1, 0.15) is 37.0 Å². The highest BCUT2D eigenvalue weighted by Gasteiger charge is 2.34. The molecular weight excluding hydrogens is 275 g/mol. The molecule has 1 amide bonds. The molecule has 0 aliphatic heterocycles. The molecule has 2 N–H and O–H groups in total. The summed E-state index contributed by atoms with van der Waals surface area (Å²) in [6, 6.07) is 0.916. The van der Waals surface area contributed by atoms with Crippen molar-refractivity contribution in [2.24, 2.45) is 0 Å². The summed E-state index contributed by atoms with van der Waals surface area (Å²) in [5.41, 5.74) is -1.62. The van der Waals surface area contributed by atoms with E-state index in [0.717, 1.165) is 12.3 Å². The number of rotatable bonds is 5. The van der Waals surface area contributed by atoms with Crippen LogP contribution >= 0.6 is 11.6 Å². The maximum Gasteiger partial charge on any atom is 0.329 e. The highest BCUT2D eigenvalue weighted by atomic mass is 35.5. The number of amides is 1. The Morgan fingerprint density at radius 2 is 2.21 bits per heavy atom. The quantitative estimate of drug-likeness (QED) is 0.815. The van der Waals surface area contributed by atoms with E-state index in [9.17, 15) is 14.0 Å². The number of nitrogens with zero attached hydrogens (tertiary/aromatic N) is 1. The van der Waals surface area contributed by atoms with Crippen molar-refractivity contribution < 1.29 is 19.1 Å². The highest BCUT2D eigenvalue weighted by molar-refractivity contribution is 6.32. The monoisotopic (exact) mass is 288 g/mol. The molecule has 19 heavy (non-hydrogen) atoms. The second kappa shape index (κ2) is 5.97. The summed E-state index contributed by atoms with van der Waals surface area (Å²) in [6.07, 6.45) is 1.69. The van der Waals surface area contributed by atoms with E-state index < -0.39 is 23.2 Å². The zero-order chi connectivity index (χ0) is 14.6. The highest BCUT2D eigenvalue weighted by Crippen LogP contribution is 2.17. The summed E-state index contributed by atoms with van der Waals surface area (Å²) in [6.45, 7) is 3.18. The molecule has 1 aromatic rings. The fraction of sp³-hybridized carbons (Fsp3) is 0.417. The lowest BCUT2D eigenvalue weighted by Gasteiger charge is -2.25. The first-order valence-corrected chi connectivity index (χ1v) is 6.05. The van der Waals surface area contributed by atoms with Gasteiger partial charge in [-0.05, 0) is 19.4 Å². The molecule has 1 rings (SSSR count). The van der Waals surface area contributed by atoms with Gasteiger partial charge in [-0.3, -0.25) is 4.79 Å². The zero-order valence-electron chi connectivity index (χ0n) is 10.5. The van der Waals surface area contributed by atoms with Gasteiger partial charge in [0.15, 0.2) is 0 Å². The smallest absolute Gasteiger partial charge is 0.329 e. The van der Waals surface area contributed by atoms with Crippen molar-refractivity contribution in [3.63, 3.8) is 0 Å². The molecule has 0 fully saturated rings. The van der Waals surface area contributed by atoms with Crippen molar-refractivity contribution in [1.82, 2.24) is 10.3 Å². The summed E-state index contributed by atoms with van der Waals surface area (Å²) in [5, 5.41) is 11.3. The molecule has 1 aromatic heterocycles. The van der Waals surface area contributed by atoms with Gasteiger partial charge in [-0.1, -0.05) is 24.9 Å². The van der Waals surface area contributed by atoms with Gasteiger partial charge in [-0.15, -0.1) is 0 Å². The molecule has 0 aromatic carbocycles. The van der Waals surface area contributed by atoms with Crippen LogP contribution in [-0.2, 0) is 4.79 Å². The average molecular weight is 289 g/mol. The number of carbonyl (C=O) groups is 2. The summed E-state index contributed by atoms with van der Waals surface area (Å²) in [5.74, 6) is -2.65.